The zero-order valence-corrected chi connectivity index (χ0v) is 19.3. The highest BCUT2D eigenvalue weighted by atomic mass is 32.2. The summed E-state index contributed by atoms with van der Waals surface area (Å²) in [5.74, 6) is 2.62. The molecule has 168 valence electrons. The Kier molecular flexibility index (Phi) is 6.94. The number of pyridine rings is 1. The summed E-state index contributed by atoms with van der Waals surface area (Å²) in [6, 6.07) is 9.53. The molecule has 0 saturated heterocycles. The highest BCUT2D eigenvalue weighted by molar-refractivity contribution is 7.99. The predicted octanol–water partition coefficient (Wildman–Crippen LogP) is 3.64. The van der Waals surface area contributed by atoms with Crippen molar-refractivity contribution in [3.8, 4) is 22.9 Å². The molecule has 3 heterocycles. The summed E-state index contributed by atoms with van der Waals surface area (Å²) in [7, 11) is 1.89. The third-order valence-corrected chi connectivity index (χ3v) is 6.24. The van der Waals surface area contributed by atoms with Crippen LogP contribution in [-0.2, 0) is 11.8 Å². The number of nitrogens with one attached hydrogen (secondary N) is 1. The molecule has 1 atom stereocenters. The molecule has 0 saturated carbocycles. The number of ether oxygens (including phenoxy) is 2. The molecule has 1 aromatic carbocycles. The van der Waals surface area contributed by atoms with E-state index in [1.54, 1.807) is 12.4 Å². The van der Waals surface area contributed by atoms with Crippen molar-refractivity contribution in [3.05, 3.63) is 48.3 Å². The molecule has 0 aliphatic carbocycles. The Hall–Kier alpha value is -3.07. The van der Waals surface area contributed by atoms with E-state index in [0.717, 1.165) is 34.9 Å². The number of aromatic nitrogens is 4. The second kappa shape index (κ2) is 10.0. The minimum absolute atomic E-state index is 0.0609. The number of nitrogens with zero attached hydrogens (tertiary/aromatic N) is 4. The van der Waals surface area contributed by atoms with Crippen molar-refractivity contribution in [1.82, 2.24) is 25.1 Å². The van der Waals surface area contributed by atoms with Gasteiger partial charge in [0.05, 0.1) is 25.0 Å². The number of rotatable bonds is 7. The maximum atomic E-state index is 12.8. The number of carbonyl (C=O) groups is 1. The van der Waals surface area contributed by atoms with Gasteiger partial charge in [-0.25, -0.2) is 0 Å². The van der Waals surface area contributed by atoms with Gasteiger partial charge in [0.15, 0.2) is 22.5 Å². The Morgan fingerprint density at radius 3 is 2.62 bits per heavy atom. The van der Waals surface area contributed by atoms with Crippen molar-refractivity contribution in [1.29, 1.82) is 0 Å². The van der Waals surface area contributed by atoms with Crippen LogP contribution in [0.2, 0.25) is 0 Å². The molecule has 1 aliphatic rings. The van der Waals surface area contributed by atoms with Gasteiger partial charge in [0, 0.05) is 31.4 Å². The number of benzene rings is 1. The van der Waals surface area contributed by atoms with E-state index in [1.165, 1.54) is 11.8 Å². The molecule has 0 radical (unpaired) electrons. The van der Waals surface area contributed by atoms with E-state index in [4.69, 9.17) is 9.47 Å². The number of amides is 1. The molecule has 8 nitrogen and oxygen atoms in total. The van der Waals surface area contributed by atoms with E-state index in [9.17, 15) is 4.79 Å². The largest absolute Gasteiger partial charge is 0.490 e. The van der Waals surface area contributed by atoms with Gasteiger partial charge < -0.3 is 19.4 Å². The molecule has 3 aromatic rings. The van der Waals surface area contributed by atoms with Gasteiger partial charge in [0.25, 0.3) is 0 Å². The number of hydrogen-bond donors (Lipinski definition) is 1. The average Bonchev–Trinajstić information content (AvgIpc) is 3.01. The number of hydrogen-bond acceptors (Lipinski definition) is 7. The summed E-state index contributed by atoms with van der Waals surface area (Å²) in [4.78, 5) is 16.8. The summed E-state index contributed by atoms with van der Waals surface area (Å²) in [5, 5.41) is 12.3. The van der Waals surface area contributed by atoms with Crippen molar-refractivity contribution in [3.63, 3.8) is 0 Å². The van der Waals surface area contributed by atoms with E-state index in [-0.39, 0.29) is 23.6 Å². The van der Waals surface area contributed by atoms with Crippen molar-refractivity contribution in [2.75, 3.05) is 19.0 Å². The van der Waals surface area contributed by atoms with Crippen LogP contribution in [0, 0.1) is 5.92 Å². The molecule has 4 rings (SSSR count). The van der Waals surface area contributed by atoms with Crippen LogP contribution in [0.4, 0.5) is 0 Å². The van der Waals surface area contributed by atoms with Gasteiger partial charge >= 0.3 is 0 Å². The Morgan fingerprint density at radius 1 is 1.12 bits per heavy atom. The molecule has 2 aromatic heterocycles. The van der Waals surface area contributed by atoms with Crippen LogP contribution in [0.25, 0.3) is 11.4 Å². The highest BCUT2D eigenvalue weighted by Gasteiger charge is 2.22. The van der Waals surface area contributed by atoms with E-state index in [1.807, 2.05) is 41.9 Å². The van der Waals surface area contributed by atoms with E-state index < -0.39 is 0 Å². The predicted molar refractivity (Wildman–Crippen MR) is 123 cm³/mol. The van der Waals surface area contributed by atoms with Crippen LogP contribution in [0.3, 0.4) is 0 Å². The molecule has 0 unspecified atom stereocenters. The summed E-state index contributed by atoms with van der Waals surface area (Å²) in [6.45, 7) is 5.46. The fraction of sp³-hybridized carbons (Fsp3) is 0.391. The van der Waals surface area contributed by atoms with Crippen LogP contribution >= 0.6 is 11.8 Å². The SMILES string of the molecule is CC(C)[C@H](NC(=O)CSc1nnc(-c2ccncc2)n1C)c1ccc2c(c1)OCCCO2. The number of fused-ring (bicyclic) bond motifs is 1. The standard InChI is InChI=1S/C23H27N5O3S/c1-15(2)21(17-5-6-18-19(13-17)31-12-4-11-30-18)25-20(29)14-32-23-27-26-22(28(23)3)16-7-9-24-10-8-16/h5-10,13,15,21H,4,11-12,14H2,1-3H3,(H,25,29)/t21-/m0/s1. The van der Waals surface area contributed by atoms with Gasteiger partial charge in [-0.15, -0.1) is 10.2 Å². The van der Waals surface area contributed by atoms with Crippen molar-refractivity contribution in [2.24, 2.45) is 13.0 Å². The average molecular weight is 454 g/mol. The third kappa shape index (κ3) is 5.04. The van der Waals surface area contributed by atoms with Gasteiger partial charge in [0.1, 0.15) is 0 Å². The summed E-state index contributed by atoms with van der Waals surface area (Å²) >= 11 is 1.36. The first-order chi connectivity index (χ1) is 15.5. The Labute approximate surface area is 191 Å². The summed E-state index contributed by atoms with van der Waals surface area (Å²) < 4.78 is 13.4. The Bertz CT molecular complexity index is 1070. The molecule has 1 aliphatic heterocycles. The van der Waals surface area contributed by atoms with Gasteiger partial charge in [-0.05, 0) is 35.7 Å². The highest BCUT2D eigenvalue weighted by Crippen LogP contribution is 2.34. The molecule has 0 spiro atoms. The molecule has 0 bridgehead atoms. The Balaban J connectivity index is 1.41. The third-order valence-electron chi connectivity index (χ3n) is 5.22. The lowest BCUT2D eigenvalue weighted by molar-refractivity contribution is -0.119. The second-order valence-corrected chi connectivity index (χ2v) is 8.88. The lowest BCUT2D eigenvalue weighted by atomic mass is 9.95. The molecule has 1 amide bonds. The number of carbonyl (C=O) groups excluding carboxylic acids is 1. The van der Waals surface area contributed by atoms with Crippen molar-refractivity contribution < 1.29 is 14.3 Å². The molecule has 9 heteroatoms. The fourth-order valence-corrected chi connectivity index (χ4v) is 4.27. The topological polar surface area (TPSA) is 91.2 Å². The first-order valence-corrected chi connectivity index (χ1v) is 11.6. The summed E-state index contributed by atoms with van der Waals surface area (Å²) in [5.41, 5.74) is 1.93. The molecular formula is C23H27N5O3S. The maximum absolute atomic E-state index is 12.8. The van der Waals surface area contributed by atoms with E-state index in [2.05, 4.69) is 34.3 Å². The van der Waals surface area contributed by atoms with Crippen LogP contribution < -0.4 is 14.8 Å². The zero-order chi connectivity index (χ0) is 22.5. The molecule has 32 heavy (non-hydrogen) atoms. The smallest absolute Gasteiger partial charge is 0.230 e. The summed E-state index contributed by atoms with van der Waals surface area (Å²) in [6.07, 6.45) is 4.29. The van der Waals surface area contributed by atoms with Gasteiger partial charge in [0.2, 0.25) is 5.91 Å². The van der Waals surface area contributed by atoms with Crippen LogP contribution in [0.1, 0.15) is 31.9 Å². The lowest BCUT2D eigenvalue weighted by Gasteiger charge is -2.24. The molecular weight excluding hydrogens is 426 g/mol. The number of thioether (sulfide) groups is 1. The minimum atomic E-state index is -0.132. The maximum Gasteiger partial charge on any atom is 0.230 e. The Morgan fingerprint density at radius 2 is 1.88 bits per heavy atom. The molecule has 1 N–H and O–H groups in total. The van der Waals surface area contributed by atoms with Gasteiger partial charge in [-0.3, -0.25) is 9.78 Å². The molecule has 0 fully saturated rings. The van der Waals surface area contributed by atoms with Crippen molar-refractivity contribution in [2.45, 2.75) is 31.5 Å². The van der Waals surface area contributed by atoms with Gasteiger partial charge in [-0.2, -0.15) is 0 Å². The normalized spacial score (nSPS) is 14.1. The quantitative estimate of drug-likeness (QED) is 0.546. The monoisotopic (exact) mass is 453 g/mol. The van der Waals surface area contributed by atoms with Gasteiger partial charge in [-0.1, -0.05) is 31.7 Å². The van der Waals surface area contributed by atoms with Crippen LogP contribution in [-0.4, -0.2) is 44.6 Å². The van der Waals surface area contributed by atoms with Crippen LogP contribution in [0.15, 0.2) is 47.9 Å². The van der Waals surface area contributed by atoms with E-state index in [0.29, 0.717) is 18.4 Å². The van der Waals surface area contributed by atoms with Crippen molar-refractivity contribution >= 4 is 17.7 Å². The zero-order valence-electron chi connectivity index (χ0n) is 18.4. The first kappa shape index (κ1) is 22.1. The second-order valence-electron chi connectivity index (χ2n) is 7.94. The van der Waals surface area contributed by atoms with Crippen LogP contribution in [0.5, 0.6) is 11.5 Å². The lowest BCUT2D eigenvalue weighted by Crippen LogP contribution is -2.33. The van der Waals surface area contributed by atoms with E-state index >= 15 is 0 Å². The fourth-order valence-electron chi connectivity index (χ4n) is 3.55. The first-order valence-electron chi connectivity index (χ1n) is 10.6. The minimum Gasteiger partial charge on any atom is -0.490 e.